The van der Waals surface area contributed by atoms with Crippen molar-refractivity contribution >= 4 is 27.5 Å². The van der Waals surface area contributed by atoms with Crippen LogP contribution in [0.15, 0.2) is 53.0 Å². The highest BCUT2D eigenvalue weighted by atomic mass is 79.9. The summed E-state index contributed by atoms with van der Waals surface area (Å²) < 4.78 is 1.15. The van der Waals surface area contributed by atoms with Gasteiger partial charge in [0.05, 0.1) is 0 Å². The Bertz CT molecular complexity index is 639. The van der Waals surface area contributed by atoms with Crippen molar-refractivity contribution in [1.82, 2.24) is 0 Å². The summed E-state index contributed by atoms with van der Waals surface area (Å²) in [6.07, 6.45) is 4.76. The van der Waals surface area contributed by atoms with Crippen molar-refractivity contribution in [1.29, 1.82) is 0 Å². The van der Waals surface area contributed by atoms with Gasteiger partial charge in [-0.05, 0) is 71.9 Å². The molecule has 0 atom stereocenters. The lowest BCUT2D eigenvalue weighted by Crippen LogP contribution is -2.22. The quantitative estimate of drug-likeness (QED) is 0.439. The first-order valence-corrected chi connectivity index (χ1v) is 9.86. The summed E-state index contributed by atoms with van der Waals surface area (Å²) >= 11 is 9.52. The Morgan fingerprint density at radius 3 is 1.96 bits per heavy atom. The molecule has 0 radical (unpaired) electrons. The molecule has 130 valence electrons. The highest BCUT2D eigenvalue weighted by Gasteiger charge is 2.25. The van der Waals surface area contributed by atoms with Crippen molar-refractivity contribution in [2.24, 2.45) is 5.41 Å². The van der Waals surface area contributed by atoms with Gasteiger partial charge >= 0.3 is 0 Å². The number of rotatable bonds is 7. The Hall–Kier alpha value is -0.790. The fourth-order valence-electron chi connectivity index (χ4n) is 2.96. The summed E-state index contributed by atoms with van der Waals surface area (Å²) in [6.45, 7) is 9.45. The lowest BCUT2D eigenvalue weighted by Gasteiger charge is -2.32. The number of hydrogen-bond donors (Lipinski definition) is 0. The third-order valence-corrected chi connectivity index (χ3v) is 5.84. The highest BCUT2D eigenvalue weighted by Crippen LogP contribution is 2.36. The standard InChI is InChI=1S/C22H28BrCl/c1-21(2,14-13-17-5-9-19(23)10-6-17)15-16-22(3,4)18-7-11-20(24)12-8-18/h5-12H,13-16H2,1-4H3. The summed E-state index contributed by atoms with van der Waals surface area (Å²) in [5, 5.41) is 0.810. The fraction of sp³-hybridized carbons (Fsp3) is 0.455. The molecule has 0 nitrogen and oxygen atoms in total. The molecule has 24 heavy (non-hydrogen) atoms. The van der Waals surface area contributed by atoms with E-state index in [9.17, 15) is 0 Å². The van der Waals surface area contributed by atoms with Crippen LogP contribution in [0.25, 0.3) is 0 Å². The second-order valence-electron chi connectivity index (χ2n) is 8.18. The molecule has 0 bridgehead atoms. The monoisotopic (exact) mass is 406 g/mol. The fourth-order valence-corrected chi connectivity index (χ4v) is 3.35. The molecule has 2 heteroatoms. The molecule has 0 aromatic heterocycles. The molecule has 0 amide bonds. The van der Waals surface area contributed by atoms with E-state index in [1.54, 1.807) is 0 Å². The van der Waals surface area contributed by atoms with Crippen molar-refractivity contribution < 1.29 is 0 Å². The van der Waals surface area contributed by atoms with Crippen LogP contribution < -0.4 is 0 Å². The molecule has 0 heterocycles. The molecular weight excluding hydrogens is 380 g/mol. The number of hydrogen-bond acceptors (Lipinski definition) is 0. The molecule has 0 spiro atoms. The van der Waals surface area contributed by atoms with E-state index in [1.165, 1.54) is 30.4 Å². The smallest absolute Gasteiger partial charge is 0.0406 e. The molecule has 2 aromatic carbocycles. The van der Waals surface area contributed by atoms with Gasteiger partial charge in [0.25, 0.3) is 0 Å². The molecule has 2 aromatic rings. The maximum atomic E-state index is 6.02. The summed E-state index contributed by atoms with van der Waals surface area (Å²) in [5.41, 5.74) is 3.31. The largest absolute Gasteiger partial charge is 0.0843 e. The van der Waals surface area contributed by atoms with Crippen molar-refractivity contribution in [3.8, 4) is 0 Å². The average molecular weight is 408 g/mol. The second kappa shape index (κ2) is 8.06. The van der Waals surface area contributed by atoms with E-state index in [1.807, 2.05) is 12.1 Å². The molecule has 0 aliphatic rings. The van der Waals surface area contributed by atoms with Crippen LogP contribution in [0, 0.1) is 5.41 Å². The van der Waals surface area contributed by atoms with E-state index < -0.39 is 0 Å². The zero-order chi connectivity index (χ0) is 17.8. The van der Waals surface area contributed by atoms with E-state index in [4.69, 9.17) is 11.6 Å². The molecule has 2 rings (SSSR count). The Labute approximate surface area is 160 Å². The van der Waals surface area contributed by atoms with Gasteiger partial charge in [-0.15, -0.1) is 0 Å². The third kappa shape index (κ3) is 5.93. The van der Waals surface area contributed by atoms with E-state index in [0.717, 1.165) is 15.9 Å². The maximum absolute atomic E-state index is 6.02. The summed E-state index contributed by atoms with van der Waals surface area (Å²) in [5.74, 6) is 0. The molecule has 0 saturated heterocycles. The van der Waals surface area contributed by atoms with Crippen LogP contribution in [-0.4, -0.2) is 0 Å². The van der Waals surface area contributed by atoms with E-state index in [2.05, 4.69) is 80.0 Å². The minimum absolute atomic E-state index is 0.180. The van der Waals surface area contributed by atoms with Gasteiger partial charge in [-0.25, -0.2) is 0 Å². The molecular formula is C22H28BrCl. The Morgan fingerprint density at radius 2 is 1.38 bits per heavy atom. The number of halogens is 2. The summed E-state index contributed by atoms with van der Waals surface area (Å²) in [7, 11) is 0. The second-order valence-corrected chi connectivity index (χ2v) is 9.53. The zero-order valence-electron chi connectivity index (χ0n) is 15.2. The highest BCUT2D eigenvalue weighted by molar-refractivity contribution is 9.10. The topological polar surface area (TPSA) is 0 Å². The van der Waals surface area contributed by atoms with Gasteiger partial charge in [-0.1, -0.05) is 79.5 Å². The molecule has 0 aliphatic carbocycles. The molecule has 0 unspecified atom stereocenters. The Balaban J connectivity index is 1.90. The minimum atomic E-state index is 0.180. The normalized spacial score (nSPS) is 12.4. The van der Waals surface area contributed by atoms with E-state index >= 15 is 0 Å². The van der Waals surface area contributed by atoms with Crippen LogP contribution in [0.3, 0.4) is 0 Å². The Kier molecular flexibility index (Phi) is 6.56. The zero-order valence-corrected chi connectivity index (χ0v) is 17.5. The van der Waals surface area contributed by atoms with Crippen LogP contribution in [0.5, 0.6) is 0 Å². The van der Waals surface area contributed by atoms with Gasteiger partial charge in [0, 0.05) is 9.50 Å². The van der Waals surface area contributed by atoms with Gasteiger partial charge in [0.15, 0.2) is 0 Å². The summed E-state index contributed by atoms with van der Waals surface area (Å²) in [6, 6.07) is 17.0. The van der Waals surface area contributed by atoms with Crippen molar-refractivity contribution in [2.45, 2.75) is 58.8 Å². The first kappa shape index (κ1) is 19.5. The first-order valence-electron chi connectivity index (χ1n) is 8.68. The van der Waals surface area contributed by atoms with Gasteiger partial charge in [-0.2, -0.15) is 0 Å². The SMILES string of the molecule is CC(C)(CCc1ccc(Br)cc1)CCC(C)(C)c1ccc(Cl)cc1. The van der Waals surface area contributed by atoms with Gasteiger partial charge in [-0.3, -0.25) is 0 Å². The van der Waals surface area contributed by atoms with Gasteiger partial charge in [0.2, 0.25) is 0 Å². The van der Waals surface area contributed by atoms with Crippen LogP contribution in [-0.2, 0) is 11.8 Å². The molecule has 0 fully saturated rings. The van der Waals surface area contributed by atoms with Crippen molar-refractivity contribution in [3.63, 3.8) is 0 Å². The van der Waals surface area contributed by atoms with Crippen molar-refractivity contribution in [3.05, 3.63) is 69.2 Å². The predicted octanol–water partition coefficient (Wildman–Crippen LogP) is 7.82. The van der Waals surface area contributed by atoms with Crippen molar-refractivity contribution in [2.75, 3.05) is 0 Å². The van der Waals surface area contributed by atoms with Crippen LogP contribution in [0.2, 0.25) is 5.02 Å². The third-order valence-electron chi connectivity index (χ3n) is 5.06. The molecule has 0 saturated carbocycles. The van der Waals surface area contributed by atoms with Crippen LogP contribution >= 0.6 is 27.5 Å². The van der Waals surface area contributed by atoms with Crippen LogP contribution in [0.4, 0.5) is 0 Å². The van der Waals surface area contributed by atoms with Gasteiger partial charge < -0.3 is 0 Å². The average Bonchev–Trinajstić information content (AvgIpc) is 2.53. The molecule has 0 aliphatic heterocycles. The minimum Gasteiger partial charge on any atom is -0.0843 e. The first-order chi connectivity index (χ1) is 11.2. The molecule has 0 N–H and O–H groups in total. The van der Waals surface area contributed by atoms with Gasteiger partial charge in [0.1, 0.15) is 0 Å². The number of aryl methyl sites for hydroxylation is 1. The van der Waals surface area contributed by atoms with E-state index in [-0.39, 0.29) is 5.41 Å². The number of benzene rings is 2. The van der Waals surface area contributed by atoms with Crippen LogP contribution in [0.1, 0.15) is 58.1 Å². The predicted molar refractivity (Wildman–Crippen MR) is 110 cm³/mol. The summed E-state index contributed by atoms with van der Waals surface area (Å²) in [4.78, 5) is 0. The maximum Gasteiger partial charge on any atom is 0.0406 e. The lowest BCUT2D eigenvalue weighted by molar-refractivity contribution is 0.267. The van der Waals surface area contributed by atoms with E-state index in [0.29, 0.717) is 5.41 Å². The lowest BCUT2D eigenvalue weighted by atomic mass is 9.73. The Morgan fingerprint density at radius 1 is 0.792 bits per heavy atom.